The maximum atomic E-state index is 11.8. The van der Waals surface area contributed by atoms with E-state index in [2.05, 4.69) is 17.2 Å². The van der Waals surface area contributed by atoms with Crippen molar-refractivity contribution in [2.45, 2.75) is 13.3 Å². The van der Waals surface area contributed by atoms with E-state index in [-0.39, 0.29) is 12.5 Å². The number of amides is 1. The van der Waals surface area contributed by atoms with Gasteiger partial charge in [0, 0.05) is 26.7 Å². The fourth-order valence-electron chi connectivity index (χ4n) is 1.99. The summed E-state index contributed by atoms with van der Waals surface area (Å²) in [6.07, 6.45) is 0.975. The molecule has 1 aromatic rings. The van der Waals surface area contributed by atoms with Gasteiger partial charge >= 0.3 is 0 Å². The number of rotatable bonds is 4. The minimum atomic E-state index is 0.0622. The summed E-state index contributed by atoms with van der Waals surface area (Å²) in [5, 5.41) is 4.13. The molecule has 1 aliphatic heterocycles. The first-order valence-electron chi connectivity index (χ1n) is 6.61. The fourth-order valence-corrected chi connectivity index (χ4v) is 2.53. The van der Waals surface area contributed by atoms with Gasteiger partial charge in [0.25, 0.3) is 0 Å². The second-order valence-corrected chi connectivity index (χ2v) is 5.60. The number of nitrogens with one attached hydrogen (secondary N) is 1. The molecule has 1 aromatic heterocycles. The van der Waals surface area contributed by atoms with Crippen molar-refractivity contribution in [3.63, 3.8) is 0 Å². The zero-order valence-electron chi connectivity index (χ0n) is 11.6. The molecule has 0 atom stereocenters. The average molecular weight is 317 g/mol. The van der Waals surface area contributed by atoms with Gasteiger partial charge in [-0.15, -0.1) is 0 Å². The van der Waals surface area contributed by atoms with Crippen LogP contribution in [0.2, 0.25) is 10.0 Å². The van der Waals surface area contributed by atoms with Crippen molar-refractivity contribution in [1.82, 2.24) is 9.88 Å². The van der Waals surface area contributed by atoms with E-state index >= 15 is 0 Å². The molecule has 0 saturated carbocycles. The van der Waals surface area contributed by atoms with Gasteiger partial charge in [0.15, 0.2) is 0 Å². The molecule has 0 bridgehead atoms. The Kier molecular flexibility index (Phi) is 4.94. The minimum Gasteiger partial charge on any atom is -0.369 e. The zero-order chi connectivity index (χ0) is 14.7. The Morgan fingerprint density at radius 3 is 2.75 bits per heavy atom. The summed E-state index contributed by atoms with van der Waals surface area (Å²) in [6, 6.07) is 1.67. The lowest BCUT2D eigenvalue weighted by Gasteiger charge is -2.33. The van der Waals surface area contributed by atoms with Gasteiger partial charge in [0.1, 0.15) is 11.6 Å². The van der Waals surface area contributed by atoms with Crippen LogP contribution in [0.4, 0.5) is 11.6 Å². The van der Waals surface area contributed by atoms with Gasteiger partial charge in [0.05, 0.1) is 16.6 Å². The molecule has 1 amide bonds. The van der Waals surface area contributed by atoms with Gasteiger partial charge in [-0.3, -0.25) is 4.79 Å². The van der Waals surface area contributed by atoms with Crippen molar-refractivity contribution < 1.29 is 4.79 Å². The van der Waals surface area contributed by atoms with Crippen molar-refractivity contribution in [3.8, 4) is 0 Å². The molecule has 0 spiro atoms. The second kappa shape index (κ2) is 6.50. The summed E-state index contributed by atoms with van der Waals surface area (Å²) < 4.78 is 0. The van der Waals surface area contributed by atoms with Crippen LogP contribution in [0.15, 0.2) is 6.07 Å². The first-order valence-corrected chi connectivity index (χ1v) is 7.37. The Bertz CT molecular complexity index is 509. The topological polar surface area (TPSA) is 48.5 Å². The number of carbonyl (C=O) groups excluding carboxylic acids is 1. The summed E-state index contributed by atoms with van der Waals surface area (Å²) in [4.78, 5) is 19.8. The molecule has 1 aliphatic rings. The van der Waals surface area contributed by atoms with Crippen LogP contribution in [0.25, 0.3) is 0 Å². The number of carbonyl (C=O) groups is 1. The van der Waals surface area contributed by atoms with Crippen LogP contribution >= 0.6 is 23.2 Å². The Balaban J connectivity index is 2.24. The van der Waals surface area contributed by atoms with E-state index in [0.29, 0.717) is 34.8 Å². The molecule has 1 N–H and O–H groups in total. The molecule has 0 aromatic carbocycles. The second-order valence-electron chi connectivity index (χ2n) is 4.79. The number of halogens is 2. The molecule has 110 valence electrons. The van der Waals surface area contributed by atoms with Crippen LogP contribution in [-0.4, -0.2) is 49.0 Å². The van der Waals surface area contributed by atoms with E-state index in [1.807, 2.05) is 4.90 Å². The Morgan fingerprint density at radius 1 is 1.35 bits per heavy atom. The highest BCUT2D eigenvalue weighted by Crippen LogP contribution is 2.32. The summed E-state index contributed by atoms with van der Waals surface area (Å²) >= 11 is 12.3. The van der Waals surface area contributed by atoms with Crippen molar-refractivity contribution in [2.24, 2.45) is 0 Å². The molecule has 0 aliphatic carbocycles. The highest BCUT2D eigenvalue weighted by atomic mass is 35.5. The summed E-state index contributed by atoms with van der Waals surface area (Å²) in [6.45, 7) is 4.52. The number of pyridine rings is 1. The highest BCUT2D eigenvalue weighted by molar-refractivity contribution is 6.37. The third-order valence-electron chi connectivity index (χ3n) is 3.21. The van der Waals surface area contributed by atoms with E-state index < -0.39 is 0 Å². The van der Waals surface area contributed by atoms with Crippen LogP contribution < -0.4 is 10.2 Å². The minimum absolute atomic E-state index is 0.0622. The summed E-state index contributed by atoms with van der Waals surface area (Å²) in [5.41, 5.74) is 0. The molecule has 0 radical (unpaired) electrons. The molecule has 0 unspecified atom stereocenters. The molecule has 20 heavy (non-hydrogen) atoms. The first-order chi connectivity index (χ1) is 9.52. The molecule has 7 heteroatoms. The normalized spacial score (nSPS) is 15.7. The quantitative estimate of drug-likeness (QED) is 0.927. The standard InChI is InChI=1S/C13H18Cl2N4O/c1-3-4-16-12-9(14)7-10(15)13(17-12)19-6-5-18(2)11(20)8-19/h7H,3-6,8H2,1-2H3,(H,16,17). The van der Waals surface area contributed by atoms with E-state index in [1.54, 1.807) is 18.0 Å². The lowest BCUT2D eigenvalue weighted by molar-refractivity contribution is -0.129. The fraction of sp³-hybridized carbons (Fsp3) is 0.538. The Morgan fingerprint density at radius 2 is 2.10 bits per heavy atom. The highest BCUT2D eigenvalue weighted by Gasteiger charge is 2.24. The Labute approximate surface area is 128 Å². The summed E-state index contributed by atoms with van der Waals surface area (Å²) in [7, 11) is 1.80. The molecule has 2 rings (SSSR count). The van der Waals surface area contributed by atoms with Gasteiger partial charge in [-0.1, -0.05) is 30.1 Å². The van der Waals surface area contributed by atoms with Crippen molar-refractivity contribution in [2.75, 3.05) is 43.4 Å². The van der Waals surface area contributed by atoms with Crippen LogP contribution in [0.5, 0.6) is 0 Å². The number of nitrogens with zero attached hydrogens (tertiary/aromatic N) is 3. The van der Waals surface area contributed by atoms with Crippen LogP contribution in [-0.2, 0) is 4.79 Å². The van der Waals surface area contributed by atoms with E-state index in [9.17, 15) is 4.79 Å². The lowest BCUT2D eigenvalue weighted by Crippen LogP contribution is -2.49. The molecular weight excluding hydrogens is 299 g/mol. The smallest absolute Gasteiger partial charge is 0.241 e. The van der Waals surface area contributed by atoms with Gasteiger partial charge < -0.3 is 15.1 Å². The van der Waals surface area contributed by atoms with Crippen LogP contribution in [0.1, 0.15) is 13.3 Å². The summed E-state index contributed by atoms with van der Waals surface area (Å²) in [5.74, 6) is 1.28. The van der Waals surface area contributed by atoms with Crippen LogP contribution in [0.3, 0.4) is 0 Å². The SMILES string of the molecule is CCCNc1nc(N2CCN(C)C(=O)C2)c(Cl)cc1Cl. The maximum absolute atomic E-state index is 11.8. The number of likely N-dealkylation sites (N-methyl/N-ethyl adjacent to an activating group) is 1. The third kappa shape index (κ3) is 3.27. The van der Waals surface area contributed by atoms with Gasteiger partial charge in [-0.2, -0.15) is 0 Å². The molecule has 1 fully saturated rings. The molecule has 1 saturated heterocycles. The van der Waals surface area contributed by atoms with Crippen molar-refractivity contribution in [1.29, 1.82) is 0 Å². The molecule has 2 heterocycles. The zero-order valence-corrected chi connectivity index (χ0v) is 13.1. The first kappa shape index (κ1) is 15.2. The Hall–Kier alpha value is -1.20. The maximum Gasteiger partial charge on any atom is 0.241 e. The number of piperazine rings is 1. The lowest BCUT2D eigenvalue weighted by atomic mass is 10.3. The van der Waals surface area contributed by atoms with Crippen molar-refractivity contribution >= 4 is 40.7 Å². The van der Waals surface area contributed by atoms with Crippen molar-refractivity contribution in [3.05, 3.63) is 16.1 Å². The molecular formula is C13H18Cl2N4O. The van der Waals surface area contributed by atoms with E-state index in [4.69, 9.17) is 23.2 Å². The average Bonchev–Trinajstić information content (AvgIpc) is 2.41. The van der Waals surface area contributed by atoms with Gasteiger partial charge in [0.2, 0.25) is 5.91 Å². The monoisotopic (exact) mass is 316 g/mol. The van der Waals surface area contributed by atoms with Crippen LogP contribution in [0, 0.1) is 0 Å². The largest absolute Gasteiger partial charge is 0.369 e. The van der Waals surface area contributed by atoms with Gasteiger partial charge in [-0.25, -0.2) is 4.98 Å². The number of aromatic nitrogens is 1. The van der Waals surface area contributed by atoms with E-state index in [0.717, 1.165) is 13.0 Å². The number of hydrogen-bond acceptors (Lipinski definition) is 4. The number of anilines is 2. The number of hydrogen-bond donors (Lipinski definition) is 1. The van der Waals surface area contributed by atoms with Gasteiger partial charge in [-0.05, 0) is 12.5 Å². The molecule has 5 nitrogen and oxygen atoms in total. The third-order valence-corrected chi connectivity index (χ3v) is 3.78. The predicted molar refractivity (Wildman–Crippen MR) is 82.9 cm³/mol. The van der Waals surface area contributed by atoms with E-state index in [1.165, 1.54) is 0 Å². The predicted octanol–water partition coefficient (Wildman–Crippen LogP) is 2.49.